The molecule has 1 fully saturated rings. The Kier molecular flexibility index (Phi) is 5.33. The number of nitrogens with one attached hydrogen (secondary N) is 3. The number of thioether (sulfide) groups is 1. The topological polar surface area (TPSA) is 72.0 Å². The first kappa shape index (κ1) is 20.0. The molecule has 160 valence electrons. The Bertz CT molecular complexity index is 1040. The quantitative estimate of drug-likeness (QED) is 0.686. The molecule has 0 bridgehead atoms. The van der Waals surface area contributed by atoms with Crippen molar-refractivity contribution in [1.29, 1.82) is 0 Å². The molecule has 0 radical (unpaired) electrons. The second-order valence-corrected chi connectivity index (χ2v) is 9.07. The number of fused-ring (bicyclic) bond motifs is 3. The molecule has 0 spiro atoms. The van der Waals surface area contributed by atoms with Gasteiger partial charge in [0.2, 0.25) is 5.91 Å². The van der Waals surface area contributed by atoms with Gasteiger partial charge < -0.3 is 15.2 Å². The van der Waals surface area contributed by atoms with Gasteiger partial charge in [0.25, 0.3) is 0 Å². The van der Waals surface area contributed by atoms with Crippen LogP contribution >= 0.6 is 11.8 Å². The number of carbonyl (C=O) groups is 1. The van der Waals surface area contributed by atoms with Gasteiger partial charge in [-0.1, -0.05) is 59.8 Å². The zero-order chi connectivity index (χ0) is 21.4. The number of anilines is 1. The van der Waals surface area contributed by atoms with Crippen LogP contribution in [0.3, 0.4) is 0 Å². The van der Waals surface area contributed by atoms with Crippen molar-refractivity contribution in [3.05, 3.63) is 77.6 Å². The van der Waals surface area contributed by atoms with Gasteiger partial charge in [0.1, 0.15) is 6.17 Å². The average molecular weight is 435 g/mol. The van der Waals surface area contributed by atoms with E-state index in [9.17, 15) is 4.79 Å². The maximum Gasteiger partial charge on any atom is 0.234 e. The van der Waals surface area contributed by atoms with Crippen molar-refractivity contribution in [2.45, 2.75) is 38.5 Å². The fraction of sp³-hybridized carbons (Fsp3) is 0.304. The molecule has 1 amide bonds. The lowest BCUT2D eigenvalue weighted by Gasteiger charge is -2.36. The van der Waals surface area contributed by atoms with E-state index in [0.717, 1.165) is 22.8 Å². The average Bonchev–Trinajstić information content (AvgIpc) is 3.38. The maximum atomic E-state index is 12.4. The minimum absolute atomic E-state index is 0.0324. The number of hydrazone groups is 1. The van der Waals surface area contributed by atoms with Crippen LogP contribution in [0.4, 0.5) is 5.69 Å². The number of hydrogen-bond donors (Lipinski definition) is 3. The molecule has 2 aromatic rings. The molecule has 1 saturated heterocycles. The van der Waals surface area contributed by atoms with Crippen LogP contribution in [0.2, 0.25) is 0 Å². The standard InChI is InChI=1S/C23H26N6OS/c1-15-7-9-17(10-8-15)19-13-20-22-25-26-23(28(22)11-12-29(20)27-19)31-14-21(30)24-18-6-4-3-5-16(18)2/h3-12,19-20,22,25,27H,13-14H2,1-2H3,(H,24,30). The van der Waals surface area contributed by atoms with Crippen molar-refractivity contribution in [2.24, 2.45) is 5.10 Å². The fourth-order valence-corrected chi connectivity index (χ4v) is 4.97. The first-order chi connectivity index (χ1) is 15.1. The van der Waals surface area contributed by atoms with Gasteiger partial charge in [-0.2, -0.15) is 5.10 Å². The molecule has 0 aromatic heterocycles. The highest BCUT2D eigenvalue weighted by atomic mass is 32.2. The number of hydrazine groups is 1. The zero-order valence-electron chi connectivity index (χ0n) is 17.6. The summed E-state index contributed by atoms with van der Waals surface area (Å²) in [7, 11) is 0. The third-order valence-corrected chi connectivity index (χ3v) is 6.90. The number of para-hydroxylation sites is 1. The van der Waals surface area contributed by atoms with Gasteiger partial charge in [0, 0.05) is 18.1 Å². The van der Waals surface area contributed by atoms with Crippen molar-refractivity contribution >= 4 is 28.5 Å². The van der Waals surface area contributed by atoms with Gasteiger partial charge >= 0.3 is 0 Å². The summed E-state index contributed by atoms with van der Waals surface area (Å²) in [6.07, 6.45) is 5.11. The van der Waals surface area contributed by atoms with Crippen molar-refractivity contribution in [1.82, 2.24) is 20.8 Å². The predicted molar refractivity (Wildman–Crippen MR) is 125 cm³/mol. The van der Waals surface area contributed by atoms with Crippen LogP contribution in [0.1, 0.15) is 29.2 Å². The Morgan fingerprint density at radius 3 is 2.77 bits per heavy atom. The Hall–Kier alpha value is -2.97. The number of aryl methyl sites for hydroxylation is 2. The lowest BCUT2D eigenvalue weighted by molar-refractivity contribution is -0.113. The van der Waals surface area contributed by atoms with Gasteiger partial charge in [-0.15, -0.1) is 0 Å². The van der Waals surface area contributed by atoms with Crippen LogP contribution < -0.4 is 16.2 Å². The van der Waals surface area contributed by atoms with Crippen molar-refractivity contribution in [3.63, 3.8) is 0 Å². The fourth-order valence-electron chi connectivity index (χ4n) is 4.20. The number of hydrogen-bond acceptors (Lipinski definition) is 7. The molecule has 31 heavy (non-hydrogen) atoms. The van der Waals surface area contributed by atoms with Crippen LogP contribution in [0.15, 0.2) is 66.0 Å². The van der Waals surface area contributed by atoms with Crippen molar-refractivity contribution < 1.29 is 4.79 Å². The van der Waals surface area contributed by atoms with Gasteiger partial charge in [0.05, 0.1) is 17.8 Å². The number of nitrogens with zero attached hydrogens (tertiary/aromatic N) is 3. The van der Waals surface area contributed by atoms with E-state index in [2.05, 4.69) is 68.6 Å². The van der Waals surface area contributed by atoms with E-state index in [-0.39, 0.29) is 24.2 Å². The van der Waals surface area contributed by atoms with Crippen LogP contribution in [0.5, 0.6) is 0 Å². The highest BCUT2D eigenvalue weighted by Crippen LogP contribution is 2.35. The molecular formula is C23H26N6OS. The van der Waals surface area contributed by atoms with E-state index in [1.807, 2.05) is 37.4 Å². The molecule has 0 saturated carbocycles. The second kappa shape index (κ2) is 8.28. The summed E-state index contributed by atoms with van der Waals surface area (Å²) in [5.74, 6) is 0.278. The third kappa shape index (κ3) is 4.00. The van der Waals surface area contributed by atoms with E-state index in [0.29, 0.717) is 5.75 Å². The Morgan fingerprint density at radius 2 is 1.97 bits per heavy atom. The number of amides is 1. The number of benzene rings is 2. The van der Waals surface area contributed by atoms with E-state index >= 15 is 0 Å². The summed E-state index contributed by atoms with van der Waals surface area (Å²) in [4.78, 5) is 14.6. The van der Waals surface area contributed by atoms with E-state index in [1.54, 1.807) is 0 Å². The third-order valence-electron chi connectivity index (χ3n) is 5.94. The molecule has 3 heterocycles. The zero-order valence-corrected chi connectivity index (χ0v) is 18.4. The minimum Gasteiger partial charge on any atom is -0.325 e. The SMILES string of the molecule is Cc1ccc(C2CC3C4NN=C(SCC(=O)Nc5ccccc5C)N4C=CN3N2)cc1. The lowest BCUT2D eigenvalue weighted by Crippen LogP contribution is -2.54. The first-order valence-corrected chi connectivity index (χ1v) is 11.5. The summed E-state index contributed by atoms with van der Waals surface area (Å²) >= 11 is 1.45. The summed E-state index contributed by atoms with van der Waals surface area (Å²) < 4.78 is 0. The van der Waals surface area contributed by atoms with Gasteiger partial charge in [-0.25, -0.2) is 5.43 Å². The molecule has 2 aromatic carbocycles. The van der Waals surface area contributed by atoms with E-state index in [4.69, 9.17) is 0 Å². The molecular weight excluding hydrogens is 408 g/mol. The van der Waals surface area contributed by atoms with E-state index < -0.39 is 0 Å². The van der Waals surface area contributed by atoms with E-state index in [1.165, 1.54) is 22.9 Å². The molecule has 8 heteroatoms. The Labute approximate surface area is 186 Å². The van der Waals surface area contributed by atoms with Crippen molar-refractivity contribution in [2.75, 3.05) is 11.1 Å². The van der Waals surface area contributed by atoms with Crippen molar-refractivity contribution in [3.8, 4) is 0 Å². The molecule has 7 nitrogen and oxygen atoms in total. The van der Waals surface area contributed by atoms with Gasteiger partial charge in [-0.3, -0.25) is 10.2 Å². The normalized spacial score (nSPS) is 23.8. The summed E-state index contributed by atoms with van der Waals surface area (Å²) in [5, 5.41) is 10.5. The highest BCUT2D eigenvalue weighted by Gasteiger charge is 2.44. The number of amidine groups is 1. The van der Waals surface area contributed by atoms with Gasteiger partial charge in [-0.05, 0) is 37.5 Å². The summed E-state index contributed by atoms with van der Waals surface area (Å²) in [6.45, 7) is 4.10. The Balaban J connectivity index is 1.19. The molecule has 5 rings (SSSR count). The molecule has 3 aliphatic rings. The van der Waals surface area contributed by atoms with Crippen LogP contribution in [0, 0.1) is 13.8 Å². The largest absolute Gasteiger partial charge is 0.325 e. The van der Waals surface area contributed by atoms with Crippen LogP contribution in [-0.2, 0) is 4.79 Å². The highest BCUT2D eigenvalue weighted by molar-refractivity contribution is 8.14. The lowest BCUT2D eigenvalue weighted by atomic mass is 9.99. The number of rotatable bonds is 4. The summed E-state index contributed by atoms with van der Waals surface area (Å²) in [6, 6.07) is 17.0. The Morgan fingerprint density at radius 1 is 1.16 bits per heavy atom. The number of carbonyl (C=O) groups excluding carboxylic acids is 1. The first-order valence-electron chi connectivity index (χ1n) is 10.5. The smallest absolute Gasteiger partial charge is 0.234 e. The van der Waals surface area contributed by atoms with Gasteiger partial charge in [0.15, 0.2) is 5.17 Å². The maximum absolute atomic E-state index is 12.4. The molecule has 3 atom stereocenters. The van der Waals surface area contributed by atoms with Crippen LogP contribution in [0.25, 0.3) is 0 Å². The minimum atomic E-state index is -0.0324. The monoisotopic (exact) mass is 434 g/mol. The molecule has 3 N–H and O–H groups in total. The van der Waals surface area contributed by atoms with Crippen LogP contribution in [-0.4, -0.2) is 38.9 Å². The second-order valence-electron chi connectivity index (χ2n) is 8.13. The summed E-state index contributed by atoms with van der Waals surface area (Å²) in [5.41, 5.74) is 11.3. The predicted octanol–water partition coefficient (Wildman–Crippen LogP) is 3.28. The molecule has 3 aliphatic heterocycles. The molecule has 3 unspecified atom stereocenters. The molecule has 0 aliphatic carbocycles.